The summed E-state index contributed by atoms with van der Waals surface area (Å²) in [5.74, 6) is -0.462. The molecule has 1 heterocycles. The van der Waals surface area contributed by atoms with Crippen molar-refractivity contribution in [1.82, 2.24) is 5.32 Å². The first-order chi connectivity index (χ1) is 12.5. The molecule has 1 saturated heterocycles. The second-order valence-electron chi connectivity index (χ2n) is 5.94. The molecule has 27 heavy (non-hydrogen) atoms. The van der Waals surface area contributed by atoms with Crippen LogP contribution in [0, 0.1) is 0 Å². The second-order valence-corrected chi connectivity index (χ2v) is 5.94. The van der Waals surface area contributed by atoms with Crippen molar-refractivity contribution in [2.45, 2.75) is 62.0 Å². The van der Waals surface area contributed by atoms with Gasteiger partial charge in [-0.05, 0) is 0 Å². The molecule has 0 aliphatic carbocycles. The molecule has 1 aliphatic rings. The molecule has 9 atom stereocenters. The molecule has 13 heteroatoms. The number of ether oxygens (including phenoxy) is 1. The van der Waals surface area contributed by atoms with Crippen LogP contribution in [0.2, 0.25) is 0 Å². The van der Waals surface area contributed by atoms with Crippen LogP contribution in [0.25, 0.3) is 0 Å². The standard InChI is InChI=1S/C8H15NO6.C6H14O6/c1-3(11)9-5-7(13)6(12)4(2-10)15-8(5)14;7-1-3(9)5(11)6(12)4(10)2-8/h4-8,10,12-14H,2H2,1H3,(H,9,11);3-12H,1-2H2/t4-,5-,6+,7-,8?;/m1./s1. The molecule has 0 radical (unpaired) electrons. The van der Waals surface area contributed by atoms with Crippen LogP contribution in [0.5, 0.6) is 0 Å². The topological polar surface area (TPSA) is 241 Å². The summed E-state index contributed by atoms with van der Waals surface area (Å²) in [5, 5.41) is 91.6. The van der Waals surface area contributed by atoms with Gasteiger partial charge in [0.1, 0.15) is 48.8 Å². The SMILES string of the molecule is CC(=O)N[C@H]1C(O)O[C@H](CO)[C@H](O)[C@@H]1O.OCC(O)C(O)C(O)C(O)CO. The van der Waals surface area contributed by atoms with Crippen LogP contribution in [0.1, 0.15) is 6.92 Å². The monoisotopic (exact) mass is 403 g/mol. The van der Waals surface area contributed by atoms with E-state index in [1.54, 1.807) is 0 Å². The Labute approximate surface area is 154 Å². The fourth-order valence-electron chi connectivity index (χ4n) is 2.16. The minimum atomic E-state index is -1.67. The predicted octanol–water partition coefficient (Wildman–Crippen LogP) is -6.66. The molecule has 1 aliphatic heterocycles. The quantitative estimate of drug-likeness (QED) is 0.190. The van der Waals surface area contributed by atoms with Gasteiger partial charge in [-0.3, -0.25) is 4.79 Å². The number of hydrogen-bond acceptors (Lipinski definition) is 12. The van der Waals surface area contributed by atoms with Crippen molar-refractivity contribution in [2.24, 2.45) is 0 Å². The summed E-state index contributed by atoms with van der Waals surface area (Å²) < 4.78 is 4.81. The first kappa shape index (κ1) is 26.0. The van der Waals surface area contributed by atoms with E-state index >= 15 is 0 Å². The fraction of sp³-hybridized carbons (Fsp3) is 0.929. The van der Waals surface area contributed by atoms with Crippen LogP contribution >= 0.6 is 0 Å². The molecule has 5 unspecified atom stereocenters. The first-order valence-electron chi connectivity index (χ1n) is 8.03. The lowest BCUT2D eigenvalue weighted by Crippen LogP contribution is -2.63. The van der Waals surface area contributed by atoms with Crippen LogP contribution in [0.15, 0.2) is 0 Å². The zero-order valence-corrected chi connectivity index (χ0v) is 14.6. The predicted molar refractivity (Wildman–Crippen MR) is 85.8 cm³/mol. The van der Waals surface area contributed by atoms with Gasteiger partial charge in [0.2, 0.25) is 5.91 Å². The molecule has 0 aromatic heterocycles. The van der Waals surface area contributed by atoms with Gasteiger partial charge in [0.05, 0.1) is 19.8 Å². The molecule has 1 amide bonds. The molecule has 0 spiro atoms. The molecule has 0 aromatic carbocycles. The Hall–Kier alpha value is -0.970. The van der Waals surface area contributed by atoms with Gasteiger partial charge in [0, 0.05) is 6.92 Å². The van der Waals surface area contributed by atoms with Crippen LogP contribution in [-0.2, 0) is 9.53 Å². The Balaban J connectivity index is 0.000000516. The number of carbonyl (C=O) groups is 1. The molecule has 0 bridgehead atoms. The highest BCUT2D eigenvalue weighted by Crippen LogP contribution is 2.19. The minimum absolute atomic E-state index is 0.462. The average Bonchev–Trinajstić information content (AvgIpc) is 2.65. The van der Waals surface area contributed by atoms with E-state index < -0.39 is 80.8 Å². The highest BCUT2D eigenvalue weighted by atomic mass is 16.6. The molecule has 1 rings (SSSR count). The average molecular weight is 403 g/mol. The van der Waals surface area contributed by atoms with Gasteiger partial charge < -0.3 is 61.1 Å². The number of rotatable bonds is 7. The van der Waals surface area contributed by atoms with E-state index in [0.29, 0.717) is 0 Å². The van der Waals surface area contributed by atoms with Crippen LogP contribution in [0.4, 0.5) is 0 Å². The summed E-state index contributed by atoms with van der Waals surface area (Å²) in [6.07, 6.45) is -11.6. The van der Waals surface area contributed by atoms with Gasteiger partial charge in [-0.2, -0.15) is 0 Å². The van der Waals surface area contributed by atoms with Crippen molar-refractivity contribution < 1.29 is 60.6 Å². The van der Waals surface area contributed by atoms with Gasteiger partial charge in [-0.25, -0.2) is 0 Å². The van der Waals surface area contributed by atoms with E-state index in [-0.39, 0.29) is 0 Å². The van der Waals surface area contributed by atoms with Crippen LogP contribution < -0.4 is 5.32 Å². The van der Waals surface area contributed by atoms with Crippen molar-refractivity contribution in [3.8, 4) is 0 Å². The summed E-state index contributed by atoms with van der Waals surface area (Å²) in [6, 6.07) is -1.10. The third-order valence-electron chi connectivity index (χ3n) is 3.78. The number of aliphatic hydroxyl groups is 10. The molecule has 11 N–H and O–H groups in total. The maximum absolute atomic E-state index is 10.7. The molecular weight excluding hydrogens is 374 g/mol. The van der Waals surface area contributed by atoms with Crippen LogP contribution in [0.3, 0.4) is 0 Å². The third-order valence-corrected chi connectivity index (χ3v) is 3.78. The van der Waals surface area contributed by atoms with E-state index in [1.165, 1.54) is 6.92 Å². The van der Waals surface area contributed by atoms with E-state index in [0.717, 1.165) is 0 Å². The second kappa shape index (κ2) is 12.5. The summed E-state index contributed by atoms with van der Waals surface area (Å²) in [4.78, 5) is 10.7. The van der Waals surface area contributed by atoms with Gasteiger partial charge in [0.25, 0.3) is 0 Å². The number of amides is 1. The minimum Gasteiger partial charge on any atom is -0.394 e. The highest BCUT2D eigenvalue weighted by molar-refractivity contribution is 5.73. The van der Waals surface area contributed by atoms with Gasteiger partial charge in [0.15, 0.2) is 6.29 Å². The Morgan fingerprint density at radius 3 is 1.70 bits per heavy atom. The van der Waals surface area contributed by atoms with E-state index in [2.05, 4.69) is 5.32 Å². The number of aliphatic hydroxyl groups excluding tert-OH is 10. The fourth-order valence-corrected chi connectivity index (χ4v) is 2.16. The lowest BCUT2D eigenvalue weighted by molar-refractivity contribution is -0.253. The summed E-state index contributed by atoms with van der Waals surface area (Å²) >= 11 is 0. The molecule has 1 fully saturated rings. The van der Waals surface area contributed by atoms with E-state index in [4.69, 9.17) is 40.5 Å². The van der Waals surface area contributed by atoms with Crippen molar-refractivity contribution >= 4 is 5.91 Å². The zero-order chi connectivity index (χ0) is 21.3. The van der Waals surface area contributed by atoms with Crippen LogP contribution in [-0.4, -0.2) is 132 Å². The summed E-state index contributed by atoms with van der Waals surface area (Å²) in [7, 11) is 0. The normalized spacial score (nSPS) is 32.5. The maximum atomic E-state index is 10.7. The Kier molecular flexibility index (Phi) is 12.0. The maximum Gasteiger partial charge on any atom is 0.217 e. The Morgan fingerprint density at radius 1 is 0.926 bits per heavy atom. The smallest absolute Gasteiger partial charge is 0.217 e. The molecule has 0 aromatic rings. The summed E-state index contributed by atoms with van der Waals surface area (Å²) in [6.45, 7) is -0.765. The summed E-state index contributed by atoms with van der Waals surface area (Å²) in [5.41, 5.74) is 0. The van der Waals surface area contributed by atoms with Crippen molar-refractivity contribution in [3.05, 3.63) is 0 Å². The zero-order valence-electron chi connectivity index (χ0n) is 14.6. The number of nitrogens with one attached hydrogen (secondary N) is 1. The van der Waals surface area contributed by atoms with Gasteiger partial charge >= 0.3 is 0 Å². The number of hydrogen-bond donors (Lipinski definition) is 11. The van der Waals surface area contributed by atoms with E-state index in [9.17, 15) is 20.1 Å². The Bertz CT molecular complexity index is 413. The van der Waals surface area contributed by atoms with Crippen molar-refractivity contribution in [1.29, 1.82) is 0 Å². The third kappa shape index (κ3) is 7.89. The van der Waals surface area contributed by atoms with Crippen molar-refractivity contribution in [3.63, 3.8) is 0 Å². The lowest BCUT2D eigenvalue weighted by atomic mass is 9.97. The van der Waals surface area contributed by atoms with Gasteiger partial charge in [-0.15, -0.1) is 0 Å². The molecule has 0 saturated carbocycles. The molecular formula is C14H29NO12. The highest BCUT2D eigenvalue weighted by Gasteiger charge is 2.43. The van der Waals surface area contributed by atoms with Crippen molar-refractivity contribution in [2.75, 3.05) is 19.8 Å². The molecule has 13 nitrogen and oxygen atoms in total. The number of carbonyl (C=O) groups excluding carboxylic acids is 1. The Morgan fingerprint density at radius 2 is 1.37 bits per heavy atom. The van der Waals surface area contributed by atoms with E-state index in [1.807, 2.05) is 0 Å². The lowest BCUT2D eigenvalue weighted by Gasteiger charge is -2.40. The molecule has 162 valence electrons. The largest absolute Gasteiger partial charge is 0.394 e. The van der Waals surface area contributed by atoms with Gasteiger partial charge in [-0.1, -0.05) is 0 Å². The first-order valence-corrected chi connectivity index (χ1v) is 8.03.